The summed E-state index contributed by atoms with van der Waals surface area (Å²) in [6.45, 7) is 12.7. The van der Waals surface area contributed by atoms with Crippen molar-refractivity contribution in [3.05, 3.63) is 0 Å². The molecule has 0 saturated heterocycles. The van der Waals surface area contributed by atoms with Crippen molar-refractivity contribution >= 4 is 24.8 Å². The van der Waals surface area contributed by atoms with Crippen LogP contribution in [0, 0.1) is 40.8 Å². The molecule has 6 unspecified atom stereocenters. The SMILES string of the molecule is CCCCCC(CCCC)O[P+](=O)[O-].CCCCCC(CCCC)O[P+](=O)[O-].CCCCCC(CCCC)O[P+](=O)[O-].[Nd+3]. The molecule has 253 valence electrons. The summed E-state index contributed by atoms with van der Waals surface area (Å²) in [5, 5.41) is 0. The van der Waals surface area contributed by atoms with Crippen LogP contribution in [0.3, 0.4) is 0 Å². The fourth-order valence-electron chi connectivity index (χ4n) is 4.28. The van der Waals surface area contributed by atoms with E-state index in [0.29, 0.717) is 0 Å². The van der Waals surface area contributed by atoms with Gasteiger partial charge in [0.05, 0.1) is 0 Å². The quantitative estimate of drug-likeness (QED) is 0.0585. The van der Waals surface area contributed by atoms with Crippen LogP contribution in [-0.2, 0) is 27.3 Å². The van der Waals surface area contributed by atoms with Crippen LogP contribution in [0.15, 0.2) is 0 Å². The third-order valence-corrected chi connectivity index (χ3v) is 8.14. The zero-order valence-electron chi connectivity index (χ0n) is 28.1. The van der Waals surface area contributed by atoms with Crippen molar-refractivity contribution in [3.8, 4) is 0 Å². The van der Waals surface area contributed by atoms with Crippen molar-refractivity contribution < 1.29 is 82.8 Å². The van der Waals surface area contributed by atoms with Crippen molar-refractivity contribution in [3.63, 3.8) is 0 Å². The molecule has 0 aliphatic heterocycles. The minimum atomic E-state index is -2.68. The molecule has 0 aromatic rings. The molecule has 0 rings (SSSR count). The van der Waals surface area contributed by atoms with Crippen LogP contribution in [0.1, 0.15) is 176 Å². The Bertz CT molecular complexity index is 539. The van der Waals surface area contributed by atoms with E-state index in [-0.39, 0.29) is 59.2 Å². The van der Waals surface area contributed by atoms with Gasteiger partial charge in [0.2, 0.25) is 0 Å². The summed E-state index contributed by atoms with van der Waals surface area (Å²) in [7, 11) is -8.03. The van der Waals surface area contributed by atoms with E-state index >= 15 is 0 Å². The molecule has 43 heavy (non-hydrogen) atoms. The Balaban J connectivity index is -0.000000262. The molecule has 0 heterocycles. The van der Waals surface area contributed by atoms with E-state index in [1.165, 1.54) is 0 Å². The predicted molar refractivity (Wildman–Crippen MR) is 168 cm³/mol. The van der Waals surface area contributed by atoms with Gasteiger partial charge in [0.1, 0.15) is 18.3 Å². The Morgan fingerprint density at radius 2 is 0.581 bits per heavy atom. The van der Waals surface area contributed by atoms with Crippen LogP contribution in [0.25, 0.3) is 0 Å². The van der Waals surface area contributed by atoms with Crippen LogP contribution in [-0.4, -0.2) is 18.3 Å². The van der Waals surface area contributed by atoms with E-state index in [1.807, 2.05) is 0 Å². The topological polar surface area (TPSA) is 148 Å². The summed E-state index contributed by atoms with van der Waals surface area (Å²) >= 11 is 0. The van der Waals surface area contributed by atoms with Gasteiger partial charge in [-0.05, 0) is 52.2 Å². The molecule has 0 amide bonds. The Morgan fingerprint density at radius 3 is 0.744 bits per heavy atom. The number of rotatable bonds is 27. The van der Waals surface area contributed by atoms with Crippen molar-refractivity contribution in [1.29, 1.82) is 0 Å². The van der Waals surface area contributed by atoms with Gasteiger partial charge in [0.25, 0.3) is 0 Å². The molecule has 0 aliphatic carbocycles. The molecule has 1 radical (unpaired) electrons. The summed E-state index contributed by atoms with van der Waals surface area (Å²) in [6.07, 6.45) is 21.5. The minimum Gasteiger partial charge on any atom is -0.566 e. The molecular weight excluding hydrogens is 741 g/mol. The van der Waals surface area contributed by atoms with Crippen LogP contribution in [0.2, 0.25) is 0 Å². The Morgan fingerprint density at radius 1 is 0.395 bits per heavy atom. The summed E-state index contributed by atoms with van der Waals surface area (Å²) in [4.78, 5) is 31.3. The number of hydrogen-bond acceptors (Lipinski definition) is 9. The molecule has 0 aromatic carbocycles. The van der Waals surface area contributed by atoms with Crippen molar-refractivity contribution in [2.45, 2.75) is 195 Å². The van der Waals surface area contributed by atoms with E-state index in [9.17, 15) is 28.4 Å². The largest absolute Gasteiger partial charge is 3.00 e. The Hall–Kier alpha value is 1.41. The molecule has 13 heteroatoms. The second kappa shape index (κ2) is 41.4. The van der Waals surface area contributed by atoms with Gasteiger partial charge in [-0.3, -0.25) is 0 Å². The Labute approximate surface area is 300 Å². The number of hydrogen-bond donors (Lipinski definition) is 0. The van der Waals surface area contributed by atoms with E-state index < -0.39 is 24.8 Å². The van der Waals surface area contributed by atoms with E-state index in [1.54, 1.807) is 0 Å². The van der Waals surface area contributed by atoms with Gasteiger partial charge in [-0.2, -0.15) is 0 Å². The van der Waals surface area contributed by atoms with Crippen LogP contribution < -0.4 is 14.7 Å². The van der Waals surface area contributed by atoms with Gasteiger partial charge in [-0.1, -0.05) is 138 Å². The molecule has 0 aliphatic rings. The maximum atomic E-state index is 10.4. The van der Waals surface area contributed by atoms with Gasteiger partial charge in [0.15, 0.2) is 0 Å². The van der Waals surface area contributed by atoms with Gasteiger partial charge >= 0.3 is 65.6 Å². The molecule has 0 aromatic heterocycles. The van der Waals surface area contributed by atoms with Gasteiger partial charge in [-0.15, -0.1) is 13.6 Å². The molecule has 0 bridgehead atoms. The monoisotopic (exact) mass is 802 g/mol. The molecule has 9 nitrogen and oxygen atoms in total. The molecule has 0 fully saturated rings. The smallest absolute Gasteiger partial charge is 0.566 e. The first-order valence-electron chi connectivity index (χ1n) is 16.5. The van der Waals surface area contributed by atoms with Crippen molar-refractivity contribution in [2.24, 2.45) is 0 Å². The predicted octanol–water partition coefficient (Wildman–Crippen LogP) is 9.48. The van der Waals surface area contributed by atoms with E-state index in [2.05, 4.69) is 41.5 Å². The average Bonchev–Trinajstić information content (AvgIpc) is 2.93. The zero-order chi connectivity index (χ0) is 32.4. The summed E-state index contributed by atoms with van der Waals surface area (Å²) in [5.41, 5.74) is 0. The first-order valence-corrected chi connectivity index (χ1v) is 19.8. The third kappa shape index (κ3) is 45.6. The molecule has 0 spiro atoms. The minimum absolute atomic E-state index is 0. The normalized spacial score (nSPS) is 13.7. The summed E-state index contributed by atoms with van der Waals surface area (Å²) in [6, 6.07) is 0. The zero-order valence-corrected chi connectivity index (χ0v) is 34.0. The maximum absolute atomic E-state index is 10.4. The van der Waals surface area contributed by atoms with Crippen LogP contribution in [0.5, 0.6) is 0 Å². The van der Waals surface area contributed by atoms with Gasteiger partial charge < -0.3 is 14.7 Å². The fourth-order valence-corrected chi connectivity index (χ4v) is 5.64. The fraction of sp³-hybridized carbons (Fsp3) is 1.00. The van der Waals surface area contributed by atoms with Crippen LogP contribution >= 0.6 is 24.8 Å². The number of unbranched alkanes of at least 4 members (excludes halogenated alkanes) is 9. The first-order chi connectivity index (χ1) is 20.1. The van der Waals surface area contributed by atoms with Crippen LogP contribution in [0.4, 0.5) is 0 Å². The second-order valence-corrected chi connectivity index (χ2v) is 12.7. The Kier molecular flexibility index (Phi) is 49.4. The van der Waals surface area contributed by atoms with E-state index in [4.69, 9.17) is 13.6 Å². The maximum Gasteiger partial charge on any atom is 3.00 e. The molecule has 0 saturated carbocycles. The standard InChI is InChI=1S/3C10H21O3P.Nd/c3*1-3-5-7-9-10(8-6-4-2)13-14(11)12;/h3*10H,3-9H2,1-2H3;/q;;;+3. The second-order valence-electron chi connectivity index (χ2n) is 10.8. The third-order valence-electron chi connectivity index (χ3n) is 6.73. The summed E-state index contributed by atoms with van der Waals surface area (Å²) in [5.74, 6) is 0. The van der Waals surface area contributed by atoms with Crippen molar-refractivity contribution in [2.75, 3.05) is 0 Å². The van der Waals surface area contributed by atoms with Gasteiger partial charge in [-0.25, -0.2) is 0 Å². The van der Waals surface area contributed by atoms with Gasteiger partial charge in [0, 0.05) is 0 Å². The van der Waals surface area contributed by atoms with E-state index in [0.717, 1.165) is 135 Å². The average molecular weight is 805 g/mol. The first kappa shape index (κ1) is 51.2. The molecule has 6 atom stereocenters. The molecular formula is C30H63NdO9P3+3. The van der Waals surface area contributed by atoms with Crippen molar-refractivity contribution in [1.82, 2.24) is 0 Å². The summed E-state index contributed by atoms with van der Waals surface area (Å²) < 4.78 is 45.8. The molecule has 0 N–H and O–H groups in total.